The van der Waals surface area contributed by atoms with Crippen LogP contribution in [0.25, 0.3) is 6.08 Å². The first kappa shape index (κ1) is 12.6. The molecule has 0 unspecified atom stereocenters. The highest BCUT2D eigenvalue weighted by atomic mass is 79.9. The molecule has 1 aliphatic rings. The van der Waals surface area contributed by atoms with Crippen LogP contribution in [0.4, 0.5) is 0 Å². The third-order valence-corrected chi connectivity index (χ3v) is 4.06. The number of benzene rings is 1. The van der Waals surface area contributed by atoms with E-state index in [2.05, 4.69) is 15.9 Å². The molecule has 4 nitrogen and oxygen atoms in total. The highest BCUT2D eigenvalue weighted by Gasteiger charge is 2.29. The average Bonchev–Trinajstić information content (AvgIpc) is 2.52. The van der Waals surface area contributed by atoms with Gasteiger partial charge in [-0.3, -0.25) is 4.79 Å². The van der Waals surface area contributed by atoms with E-state index in [-0.39, 0.29) is 11.7 Å². The van der Waals surface area contributed by atoms with Crippen molar-refractivity contribution in [2.24, 2.45) is 5.84 Å². The number of halogens is 1. The lowest BCUT2D eigenvalue weighted by Crippen LogP contribution is -2.34. The number of thioether (sulfide) groups is 1. The number of rotatable bonds is 1. The number of amides is 1. The normalized spacial score (nSPS) is 18.2. The van der Waals surface area contributed by atoms with Crippen LogP contribution in [0.2, 0.25) is 0 Å². The molecule has 1 saturated heterocycles. The number of phenolic OH excluding ortho intramolecular Hbond substituents is 1. The Kier molecular flexibility index (Phi) is 3.53. The second-order valence-electron chi connectivity index (χ2n) is 3.26. The van der Waals surface area contributed by atoms with E-state index in [1.54, 1.807) is 24.3 Å². The van der Waals surface area contributed by atoms with Crippen molar-refractivity contribution < 1.29 is 9.90 Å². The summed E-state index contributed by atoms with van der Waals surface area (Å²) in [6, 6.07) is 4.95. The summed E-state index contributed by atoms with van der Waals surface area (Å²) in [5.74, 6) is 5.28. The zero-order valence-corrected chi connectivity index (χ0v) is 11.6. The van der Waals surface area contributed by atoms with E-state index in [9.17, 15) is 9.90 Å². The van der Waals surface area contributed by atoms with Gasteiger partial charge >= 0.3 is 0 Å². The molecule has 2 rings (SSSR count). The summed E-state index contributed by atoms with van der Waals surface area (Å²) >= 11 is 9.27. The van der Waals surface area contributed by atoms with Crippen molar-refractivity contribution in [3.8, 4) is 5.75 Å². The summed E-state index contributed by atoms with van der Waals surface area (Å²) < 4.78 is 0.897. The first-order valence-electron chi connectivity index (χ1n) is 4.50. The second-order valence-corrected chi connectivity index (χ2v) is 5.79. The topological polar surface area (TPSA) is 66.6 Å². The standard InChI is InChI=1S/C10H7BrN2O2S2/c11-6-3-5(1-2-7(6)14)4-8-9(15)13(12)10(16)17-8/h1-4,14H,12H2/b8-4-. The van der Waals surface area contributed by atoms with Gasteiger partial charge in [0.1, 0.15) is 5.75 Å². The number of hydrazine groups is 1. The van der Waals surface area contributed by atoms with Crippen molar-refractivity contribution in [1.82, 2.24) is 5.01 Å². The molecule has 17 heavy (non-hydrogen) atoms. The Labute approximate surface area is 116 Å². The monoisotopic (exact) mass is 330 g/mol. The van der Waals surface area contributed by atoms with Gasteiger partial charge in [-0.2, -0.15) is 0 Å². The first-order chi connectivity index (χ1) is 7.99. The lowest BCUT2D eigenvalue weighted by atomic mass is 10.2. The molecule has 0 radical (unpaired) electrons. The summed E-state index contributed by atoms with van der Waals surface area (Å²) in [6.07, 6.45) is 1.68. The number of hydrogen-bond donors (Lipinski definition) is 2. The van der Waals surface area contributed by atoms with E-state index >= 15 is 0 Å². The second kappa shape index (κ2) is 4.77. The van der Waals surface area contributed by atoms with Gasteiger partial charge in [-0.15, -0.1) is 0 Å². The number of thiocarbonyl (C=S) groups is 1. The van der Waals surface area contributed by atoms with Crippen molar-refractivity contribution in [3.63, 3.8) is 0 Å². The van der Waals surface area contributed by atoms with Crippen LogP contribution in [-0.4, -0.2) is 20.3 Å². The fraction of sp³-hybridized carbons (Fsp3) is 0. The summed E-state index contributed by atoms with van der Waals surface area (Å²) in [7, 11) is 0. The molecule has 0 atom stereocenters. The SMILES string of the molecule is NN1C(=O)/C(=C/c2ccc(O)c(Br)c2)SC1=S. The zero-order chi connectivity index (χ0) is 12.6. The summed E-state index contributed by atoms with van der Waals surface area (Å²) in [6.45, 7) is 0. The van der Waals surface area contributed by atoms with Gasteiger partial charge in [0.15, 0.2) is 4.32 Å². The van der Waals surface area contributed by atoms with Crippen LogP contribution in [-0.2, 0) is 4.79 Å². The number of phenols is 1. The van der Waals surface area contributed by atoms with Gasteiger partial charge in [-0.25, -0.2) is 10.9 Å². The highest BCUT2D eigenvalue weighted by Crippen LogP contribution is 2.32. The molecule has 88 valence electrons. The van der Waals surface area contributed by atoms with E-state index in [1.165, 1.54) is 0 Å². The molecule has 3 N–H and O–H groups in total. The quantitative estimate of drug-likeness (QED) is 0.358. The van der Waals surface area contributed by atoms with Crippen LogP contribution >= 0.6 is 39.9 Å². The Morgan fingerprint density at radius 3 is 2.76 bits per heavy atom. The minimum Gasteiger partial charge on any atom is -0.507 e. The van der Waals surface area contributed by atoms with Crippen molar-refractivity contribution in [2.75, 3.05) is 0 Å². The van der Waals surface area contributed by atoms with Crippen LogP contribution in [0.1, 0.15) is 5.56 Å². The highest BCUT2D eigenvalue weighted by molar-refractivity contribution is 9.10. The molecular weight excluding hydrogens is 324 g/mol. The molecule has 1 aromatic carbocycles. The molecule has 0 aromatic heterocycles. The minimum absolute atomic E-state index is 0.147. The number of carbonyl (C=O) groups excluding carboxylic acids is 1. The molecule has 0 aliphatic carbocycles. The predicted octanol–water partition coefficient (Wildman–Crippen LogP) is 2.23. The van der Waals surface area contributed by atoms with Crippen molar-refractivity contribution in [1.29, 1.82) is 0 Å². The van der Waals surface area contributed by atoms with Crippen molar-refractivity contribution >= 4 is 56.2 Å². The Morgan fingerprint density at radius 2 is 2.24 bits per heavy atom. The van der Waals surface area contributed by atoms with Gasteiger partial charge in [0.05, 0.1) is 9.38 Å². The predicted molar refractivity (Wildman–Crippen MR) is 75.0 cm³/mol. The van der Waals surface area contributed by atoms with Gasteiger partial charge in [0.25, 0.3) is 5.91 Å². The number of hydrogen-bond acceptors (Lipinski definition) is 5. The van der Waals surface area contributed by atoms with E-state index in [0.29, 0.717) is 13.7 Å². The first-order valence-corrected chi connectivity index (χ1v) is 6.52. The average molecular weight is 331 g/mol. The number of carbonyl (C=O) groups is 1. The largest absolute Gasteiger partial charge is 0.507 e. The zero-order valence-electron chi connectivity index (χ0n) is 8.38. The molecule has 1 aliphatic heterocycles. The third-order valence-electron chi connectivity index (χ3n) is 2.09. The lowest BCUT2D eigenvalue weighted by Gasteiger charge is -2.03. The maximum Gasteiger partial charge on any atom is 0.280 e. The fourth-order valence-electron chi connectivity index (χ4n) is 1.24. The van der Waals surface area contributed by atoms with Gasteiger partial charge < -0.3 is 5.11 Å². The van der Waals surface area contributed by atoms with E-state index in [0.717, 1.165) is 22.3 Å². The molecule has 1 heterocycles. The molecule has 0 bridgehead atoms. The smallest absolute Gasteiger partial charge is 0.280 e. The minimum atomic E-state index is -0.316. The Balaban J connectivity index is 2.34. The van der Waals surface area contributed by atoms with Crippen LogP contribution in [0.5, 0.6) is 5.75 Å². The van der Waals surface area contributed by atoms with Crippen LogP contribution in [0, 0.1) is 0 Å². The van der Waals surface area contributed by atoms with Crippen LogP contribution < -0.4 is 5.84 Å². The number of nitrogens with two attached hydrogens (primary N) is 1. The Morgan fingerprint density at radius 1 is 1.53 bits per heavy atom. The number of nitrogens with zero attached hydrogens (tertiary/aromatic N) is 1. The molecule has 1 fully saturated rings. The van der Waals surface area contributed by atoms with Crippen molar-refractivity contribution in [2.45, 2.75) is 0 Å². The Hall–Kier alpha value is -0.890. The maximum atomic E-state index is 11.6. The third kappa shape index (κ3) is 2.52. The Bertz CT molecular complexity index is 545. The van der Waals surface area contributed by atoms with Gasteiger partial charge in [-0.05, 0) is 39.7 Å². The fourth-order valence-corrected chi connectivity index (χ4v) is 2.74. The molecule has 1 aromatic rings. The molecule has 7 heteroatoms. The molecule has 1 amide bonds. The molecule has 0 saturated carbocycles. The van der Waals surface area contributed by atoms with Crippen LogP contribution in [0.15, 0.2) is 27.6 Å². The van der Waals surface area contributed by atoms with E-state index in [4.69, 9.17) is 18.1 Å². The lowest BCUT2D eigenvalue weighted by molar-refractivity contribution is -0.122. The summed E-state index contributed by atoms with van der Waals surface area (Å²) in [4.78, 5) is 12.1. The van der Waals surface area contributed by atoms with Crippen molar-refractivity contribution in [3.05, 3.63) is 33.1 Å². The van der Waals surface area contributed by atoms with E-state index in [1.807, 2.05) is 0 Å². The van der Waals surface area contributed by atoms with Crippen LogP contribution in [0.3, 0.4) is 0 Å². The maximum absolute atomic E-state index is 11.6. The van der Waals surface area contributed by atoms with E-state index < -0.39 is 0 Å². The van der Waals surface area contributed by atoms with Gasteiger partial charge in [-0.1, -0.05) is 30.0 Å². The molecule has 0 spiro atoms. The summed E-state index contributed by atoms with van der Waals surface area (Å²) in [5.41, 5.74) is 0.781. The van der Waals surface area contributed by atoms with Gasteiger partial charge in [0, 0.05) is 0 Å². The number of aromatic hydroxyl groups is 1. The summed E-state index contributed by atoms with van der Waals surface area (Å²) in [5, 5.41) is 10.3. The molecular formula is C10H7BrN2O2S2. The van der Waals surface area contributed by atoms with Gasteiger partial charge in [0.2, 0.25) is 0 Å².